The standard InChI is InChI=1S/C22H29N5O/c1-2-6-18(7-3-1)10-12-23-22-24-13-11-21(26-22)25-19-8-4-5-9-20(19)27-14-16-28-17-15-27/h4-6,8-9,11,13H,1-3,7,10,12,14-17H2,(H2,23,24,25,26). The minimum atomic E-state index is 0.672. The summed E-state index contributed by atoms with van der Waals surface area (Å²) in [6.07, 6.45) is 10.4. The van der Waals surface area contributed by atoms with Crippen molar-refractivity contribution in [1.82, 2.24) is 9.97 Å². The van der Waals surface area contributed by atoms with E-state index in [1.807, 2.05) is 12.1 Å². The smallest absolute Gasteiger partial charge is 0.224 e. The van der Waals surface area contributed by atoms with Crippen molar-refractivity contribution in [1.29, 1.82) is 0 Å². The van der Waals surface area contributed by atoms with Gasteiger partial charge in [0.2, 0.25) is 5.95 Å². The van der Waals surface area contributed by atoms with E-state index < -0.39 is 0 Å². The molecule has 2 aromatic rings. The summed E-state index contributed by atoms with van der Waals surface area (Å²) < 4.78 is 5.48. The monoisotopic (exact) mass is 379 g/mol. The first-order valence-corrected chi connectivity index (χ1v) is 10.3. The molecule has 0 unspecified atom stereocenters. The van der Waals surface area contributed by atoms with Gasteiger partial charge in [0.05, 0.1) is 24.6 Å². The molecule has 0 atom stereocenters. The maximum Gasteiger partial charge on any atom is 0.224 e. The van der Waals surface area contributed by atoms with Crippen LogP contribution >= 0.6 is 0 Å². The lowest BCUT2D eigenvalue weighted by atomic mass is 9.97. The van der Waals surface area contributed by atoms with Crippen LogP contribution in [0.25, 0.3) is 0 Å². The number of nitrogens with one attached hydrogen (secondary N) is 2. The summed E-state index contributed by atoms with van der Waals surface area (Å²) in [7, 11) is 0. The molecule has 28 heavy (non-hydrogen) atoms. The molecule has 2 N–H and O–H groups in total. The number of hydrogen-bond donors (Lipinski definition) is 2. The van der Waals surface area contributed by atoms with E-state index in [4.69, 9.17) is 4.74 Å². The highest BCUT2D eigenvalue weighted by Crippen LogP contribution is 2.28. The van der Waals surface area contributed by atoms with E-state index in [0.29, 0.717) is 5.95 Å². The van der Waals surface area contributed by atoms with Gasteiger partial charge < -0.3 is 20.3 Å². The van der Waals surface area contributed by atoms with Gasteiger partial charge in [-0.3, -0.25) is 0 Å². The molecular weight excluding hydrogens is 350 g/mol. The van der Waals surface area contributed by atoms with Crippen molar-refractivity contribution in [3.05, 3.63) is 48.2 Å². The fourth-order valence-corrected chi connectivity index (χ4v) is 3.78. The third-order valence-electron chi connectivity index (χ3n) is 5.29. The topological polar surface area (TPSA) is 62.3 Å². The van der Waals surface area contributed by atoms with Gasteiger partial charge in [0.15, 0.2) is 0 Å². The van der Waals surface area contributed by atoms with Gasteiger partial charge in [0.1, 0.15) is 5.82 Å². The van der Waals surface area contributed by atoms with E-state index in [1.54, 1.807) is 11.8 Å². The lowest BCUT2D eigenvalue weighted by Crippen LogP contribution is -2.36. The Morgan fingerprint density at radius 3 is 2.82 bits per heavy atom. The second kappa shape index (κ2) is 9.55. The molecule has 2 heterocycles. The number of ether oxygens (including phenoxy) is 1. The molecule has 148 valence electrons. The molecule has 1 aliphatic heterocycles. The fourth-order valence-electron chi connectivity index (χ4n) is 3.78. The number of allylic oxidation sites excluding steroid dienone is 1. The highest BCUT2D eigenvalue weighted by Gasteiger charge is 2.15. The van der Waals surface area contributed by atoms with Gasteiger partial charge in [-0.15, -0.1) is 0 Å². The maximum atomic E-state index is 5.48. The number of rotatable bonds is 7. The Kier molecular flexibility index (Phi) is 6.40. The number of anilines is 4. The zero-order valence-electron chi connectivity index (χ0n) is 16.4. The number of hydrogen-bond acceptors (Lipinski definition) is 6. The summed E-state index contributed by atoms with van der Waals surface area (Å²) in [5, 5.41) is 6.83. The van der Waals surface area contributed by atoms with Crippen molar-refractivity contribution in [2.45, 2.75) is 32.1 Å². The van der Waals surface area contributed by atoms with Gasteiger partial charge >= 0.3 is 0 Å². The van der Waals surface area contributed by atoms with Crippen molar-refractivity contribution in [2.24, 2.45) is 0 Å². The SMILES string of the molecule is C1=C(CCNc2nccc(Nc3ccccc3N3CCOCC3)n2)CCCC1. The Morgan fingerprint density at radius 1 is 1.07 bits per heavy atom. The van der Waals surface area contributed by atoms with Crippen LogP contribution < -0.4 is 15.5 Å². The van der Waals surface area contributed by atoms with Crippen molar-refractivity contribution in [2.75, 3.05) is 48.4 Å². The molecule has 0 spiro atoms. The average Bonchev–Trinajstić information content (AvgIpc) is 2.76. The van der Waals surface area contributed by atoms with Crippen LogP contribution in [0.1, 0.15) is 32.1 Å². The highest BCUT2D eigenvalue weighted by molar-refractivity contribution is 5.74. The lowest BCUT2D eigenvalue weighted by Gasteiger charge is -2.30. The molecule has 1 saturated heterocycles. The van der Waals surface area contributed by atoms with Crippen molar-refractivity contribution in [3.8, 4) is 0 Å². The molecule has 0 amide bonds. The predicted octanol–water partition coefficient (Wildman–Crippen LogP) is 4.36. The summed E-state index contributed by atoms with van der Waals surface area (Å²) in [5.41, 5.74) is 3.80. The summed E-state index contributed by atoms with van der Waals surface area (Å²) in [4.78, 5) is 11.4. The molecule has 1 aromatic heterocycles. The van der Waals surface area contributed by atoms with E-state index in [1.165, 1.54) is 31.4 Å². The summed E-state index contributed by atoms with van der Waals surface area (Å²) in [6.45, 7) is 4.23. The number of aromatic nitrogens is 2. The van der Waals surface area contributed by atoms with Gasteiger partial charge in [-0.05, 0) is 50.3 Å². The predicted molar refractivity (Wildman–Crippen MR) is 114 cm³/mol. The van der Waals surface area contributed by atoms with E-state index in [-0.39, 0.29) is 0 Å². The molecule has 1 aromatic carbocycles. The lowest BCUT2D eigenvalue weighted by molar-refractivity contribution is 0.123. The Labute approximate surface area is 167 Å². The summed E-state index contributed by atoms with van der Waals surface area (Å²) in [6, 6.07) is 10.3. The third kappa shape index (κ3) is 5.01. The molecular formula is C22H29N5O. The zero-order valence-corrected chi connectivity index (χ0v) is 16.4. The second-order valence-electron chi connectivity index (χ2n) is 7.29. The molecule has 1 aliphatic carbocycles. The van der Waals surface area contributed by atoms with E-state index in [9.17, 15) is 0 Å². The Hall–Kier alpha value is -2.60. The minimum Gasteiger partial charge on any atom is -0.378 e. The normalized spacial score (nSPS) is 17.1. The van der Waals surface area contributed by atoms with E-state index >= 15 is 0 Å². The Bertz CT molecular complexity index is 801. The molecule has 0 radical (unpaired) electrons. The zero-order chi connectivity index (χ0) is 19.0. The van der Waals surface area contributed by atoms with E-state index in [0.717, 1.165) is 50.8 Å². The average molecular weight is 380 g/mol. The molecule has 0 saturated carbocycles. The summed E-state index contributed by atoms with van der Waals surface area (Å²) >= 11 is 0. The molecule has 4 rings (SSSR count). The van der Waals surface area contributed by atoms with Gasteiger partial charge in [-0.25, -0.2) is 4.98 Å². The van der Waals surface area contributed by atoms with Crippen LogP contribution in [-0.2, 0) is 4.74 Å². The van der Waals surface area contributed by atoms with Crippen LogP contribution in [0.5, 0.6) is 0 Å². The molecule has 0 bridgehead atoms. The molecule has 6 nitrogen and oxygen atoms in total. The Balaban J connectivity index is 1.39. The number of para-hydroxylation sites is 2. The molecule has 1 fully saturated rings. The number of benzene rings is 1. The minimum absolute atomic E-state index is 0.672. The van der Waals surface area contributed by atoms with Crippen LogP contribution in [0.2, 0.25) is 0 Å². The fraction of sp³-hybridized carbons (Fsp3) is 0.455. The van der Waals surface area contributed by atoms with Crippen molar-refractivity contribution < 1.29 is 4.74 Å². The molecule has 6 heteroatoms. The van der Waals surface area contributed by atoms with Crippen LogP contribution in [0.15, 0.2) is 48.2 Å². The van der Waals surface area contributed by atoms with Crippen LogP contribution in [0.3, 0.4) is 0 Å². The Morgan fingerprint density at radius 2 is 1.96 bits per heavy atom. The van der Waals surface area contributed by atoms with Crippen LogP contribution in [0, 0.1) is 0 Å². The van der Waals surface area contributed by atoms with Gasteiger partial charge in [0.25, 0.3) is 0 Å². The summed E-state index contributed by atoms with van der Waals surface area (Å²) in [5.74, 6) is 1.47. The van der Waals surface area contributed by atoms with Crippen molar-refractivity contribution in [3.63, 3.8) is 0 Å². The number of morpholine rings is 1. The van der Waals surface area contributed by atoms with Gasteiger partial charge in [-0.1, -0.05) is 23.8 Å². The van der Waals surface area contributed by atoms with Crippen LogP contribution in [-0.4, -0.2) is 42.8 Å². The van der Waals surface area contributed by atoms with Crippen molar-refractivity contribution >= 4 is 23.1 Å². The van der Waals surface area contributed by atoms with E-state index in [2.05, 4.69) is 49.8 Å². The first-order valence-electron chi connectivity index (χ1n) is 10.3. The quantitative estimate of drug-likeness (QED) is 0.697. The number of nitrogens with zero attached hydrogens (tertiary/aromatic N) is 3. The van der Waals surface area contributed by atoms with Gasteiger partial charge in [-0.2, -0.15) is 4.98 Å². The first kappa shape index (κ1) is 18.7. The van der Waals surface area contributed by atoms with Crippen LogP contribution in [0.4, 0.5) is 23.1 Å². The second-order valence-corrected chi connectivity index (χ2v) is 7.29. The largest absolute Gasteiger partial charge is 0.378 e. The first-order chi connectivity index (χ1) is 13.9. The highest BCUT2D eigenvalue weighted by atomic mass is 16.5. The maximum absolute atomic E-state index is 5.48. The third-order valence-corrected chi connectivity index (χ3v) is 5.29. The van der Waals surface area contributed by atoms with Gasteiger partial charge in [0, 0.05) is 25.8 Å². The molecule has 2 aliphatic rings.